The smallest absolute Gasteiger partial charge is 0.326 e. The fourth-order valence-corrected chi connectivity index (χ4v) is 9.14. The lowest BCUT2D eigenvalue weighted by molar-refractivity contribution is -0.144. The van der Waals surface area contributed by atoms with Gasteiger partial charge in [-0.15, -0.1) is 0 Å². The molecular weight excluding hydrogens is 1060 g/mol. The Labute approximate surface area is 470 Å². The molecule has 8 amide bonds. The molecule has 2 aliphatic heterocycles. The van der Waals surface area contributed by atoms with Crippen molar-refractivity contribution < 1.29 is 53.4 Å². The lowest BCUT2D eigenvalue weighted by atomic mass is 9.99. The largest absolute Gasteiger partial charge is 0.480 e. The van der Waals surface area contributed by atoms with Crippen LogP contribution in [0.3, 0.4) is 0 Å². The van der Waals surface area contributed by atoms with Crippen LogP contribution in [-0.2, 0) is 49.6 Å². The number of carboxylic acid groups (broad SMARTS) is 1. The number of nitrogens with zero attached hydrogens (tertiary/aromatic N) is 2. The highest BCUT2D eigenvalue weighted by Crippen LogP contribution is 2.21. The van der Waals surface area contributed by atoms with Crippen molar-refractivity contribution >= 4 is 71.1 Å². The molecule has 32 nitrogen and oxygen atoms in total. The number of aromatic amines is 1. The van der Waals surface area contributed by atoms with Gasteiger partial charge in [-0.25, -0.2) is 9.78 Å². The zero-order valence-corrected chi connectivity index (χ0v) is 46.3. The van der Waals surface area contributed by atoms with Gasteiger partial charge in [0.1, 0.15) is 48.3 Å². The number of H-pyrrole nitrogens is 1. The first-order valence-electron chi connectivity index (χ1n) is 27.5. The minimum atomic E-state index is -1.62. The SMILES string of the molecule is CC[C@H](C)[C@H](NC(=O)[C@H](CO)NC(=O)[C@H](Cc1c[nH]cn1)NC(=O)[C@@H]1CCCN1C(=O)[C@H](CCCNC(=N)N)NC(=O)[C@H](CCCCN)NC(=O)[C@H](CCCNC(=N)N)NC(=O)[C@H](CCCNC(=N)N)NC(=O)[C@@H]1CCCN1)C(=O)O. The first-order chi connectivity index (χ1) is 38.6. The van der Waals surface area contributed by atoms with E-state index in [1.807, 2.05) is 0 Å². The van der Waals surface area contributed by atoms with E-state index in [0.717, 1.165) is 6.42 Å². The molecule has 0 saturated carbocycles. The predicted molar refractivity (Wildman–Crippen MR) is 296 cm³/mol. The first kappa shape index (κ1) is 67.4. The molecule has 2 aliphatic rings. The molecule has 25 N–H and O–H groups in total. The molecule has 10 atom stereocenters. The maximum absolute atomic E-state index is 14.7. The highest BCUT2D eigenvalue weighted by Gasteiger charge is 2.41. The molecule has 454 valence electrons. The molecule has 3 rings (SSSR count). The fourth-order valence-electron chi connectivity index (χ4n) is 9.14. The van der Waals surface area contributed by atoms with E-state index in [2.05, 4.69) is 68.5 Å². The van der Waals surface area contributed by atoms with Gasteiger partial charge in [0.05, 0.1) is 24.7 Å². The summed E-state index contributed by atoms with van der Waals surface area (Å²) < 4.78 is 0. The fraction of sp³-hybridized carbons (Fsp3) is 0.694. The zero-order chi connectivity index (χ0) is 60.0. The highest BCUT2D eigenvalue weighted by molar-refractivity contribution is 5.98. The molecule has 2 fully saturated rings. The van der Waals surface area contributed by atoms with Crippen LogP contribution >= 0.6 is 0 Å². The third kappa shape index (κ3) is 23.8. The summed E-state index contributed by atoms with van der Waals surface area (Å²) in [6.45, 7) is 3.76. The number of aliphatic carboxylic acids is 1. The Kier molecular flexibility index (Phi) is 29.7. The van der Waals surface area contributed by atoms with E-state index in [1.165, 1.54) is 17.4 Å². The van der Waals surface area contributed by atoms with Crippen LogP contribution in [-0.4, -0.2) is 196 Å². The normalized spacial score (nSPS) is 17.7. The Hall–Kier alpha value is -7.87. The lowest BCUT2D eigenvalue weighted by Gasteiger charge is -2.31. The molecule has 0 aliphatic carbocycles. The van der Waals surface area contributed by atoms with Crippen LogP contribution in [0, 0.1) is 22.1 Å². The lowest BCUT2D eigenvalue weighted by Crippen LogP contribution is -2.60. The van der Waals surface area contributed by atoms with Crippen LogP contribution in [0.25, 0.3) is 0 Å². The van der Waals surface area contributed by atoms with Crippen molar-refractivity contribution in [2.75, 3.05) is 45.9 Å². The number of likely N-dealkylation sites (tertiary alicyclic amines) is 1. The summed E-state index contributed by atoms with van der Waals surface area (Å²) in [7, 11) is 0. The summed E-state index contributed by atoms with van der Waals surface area (Å²) in [6, 6.07) is -11.2. The number of unbranched alkanes of at least 4 members (excludes halogenated alkanes) is 1. The Morgan fingerprint density at radius 3 is 1.64 bits per heavy atom. The molecule has 1 aromatic rings. The van der Waals surface area contributed by atoms with Gasteiger partial charge in [0.25, 0.3) is 0 Å². The molecule has 0 unspecified atom stereocenters. The van der Waals surface area contributed by atoms with Crippen molar-refractivity contribution in [3.63, 3.8) is 0 Å². The van der Waals surface area contributed by atoms with Gasteiger partial charge in [0.2, 0.25) is 47.3 Å². The van der Waals surface area contributed by atoms with E-state index in [1.54, 1.807) is 13.8 Å². The van der Waals surface area contributed by atoms with Gasteiger partial charge in [0, 0.05) is 38.8 Å². The Morgan fingerprint density at radius 2 is 1.16 bits per heavy atom. The topological polar surface area (TPSA) is 534 Å². The number of hydrogen-bond donors (Lipinski definition) is 21. The highest BCUT2D eigenvalue weighted by atomic mass is 16.4. The number of aliphatic hydroxyl groups is 1. The van der Waals surface area contributed by atoms with Crippen LogP contribution in [0.5, 0.6) is 0 Å². The van der Waals surface area contributed by atoms with Crippen LogP contribution in [0.4, 0.5) is 0 Å². The van der Waals surface area contributed by atoms with Crippen LogP contribution in [0.15, 0.2) is 12.5 Å². The second-order valence-electron chi connectivity index (χ2n) is 20.1. The second-order valence-corrected chi connectivity index (χ2v) is 20.1. The van der Waals surface area contributed by atoms with Gasteiger partial charge in [-0.05, 0) is 102 Å². The minimum absolute atomic E-state index is 0.0232. The Bertz CT molecular complexity index is 2270. The van der Waals surface area contributed by atoms with Crippen molar-refractivity contribution in [1.82, 2.24) is 73.4 Å². The molecule has 2 saturated heterocycles. The summed E-state index contributed by atoms with van der Waals surface area (Å²) in [4.78, 5) is 133. The third-order valence-corrected chi connectivity index (χ3v) is 13.8. The van der Waals surface area contributed by atoms with Gasteiger partial charge < -0.3 is 102 Å². The van der Waals surface area contributed by atoms with Gasteiger partial charge in [-0.2, -0.15) is 0 Å². The standard InChI is InChI=1S/C49H87N21O11/c1-3-27(2)37(46(80)81)69-43(77)35(25-71)68-42(76)34(23-28-24-57-26-62-28)67-44(78)36-16-10-22-70(36)45(79)33(15-9-21-61-49(55)56)66-41(75)30(11-4-5-17-50)64-40(74)32(14-8-20-60-48(53)54)65-39(73)31(13-7-19-59-47(51)52)63-38(72)29-12-6-18-58-29/h24,26-27,29-37,58,71H,3-23,25,50H2,1-2H3,(H,57,62)(H,63,72)(H,64,74)(H,65,73)(H,66,75)(H,67,78)(H,68,76)(H,69,77)(H,80,81)(H4,51,52,59)(H4,53,54,60)(H4,55,56,61)/t27-,29-,30-,31-,32-,33-,34-,35-,36-,37-/m0/s1. The summed E-state index contributed by atoms with van der Waals surface area (Å²) in [6.07, 6.45) is 6.19. The van der Waals surface area contributed by atoms with Gasteiger partial charge in [0.15, 0.2) is 17.9 Å². The number of hydrogen-bond acceptors (Lipinski definition) is 16. The van der Waals surface area contributed by atoms with Crippen molar-refractivity contribution in [2.45, 2.75) is 165 Å². The summed E-state index contributed by atoms with van der Waals surface area (Å²) in [5.74, 6) is -8.89. The van der Waals surface area contributed by atoms with E-state index in [-0.39, 0.29) is 102 Å². The molecule has 81 heavy (non-hydrogen) atoms. The van der Waals surface area contributed by atoms with Crippen molar-refractivity contribution in [3.05, 3.63) is 18.2 Å². The average Bonchev–Trinajstić information content (AvgIpc) is 4.28. The van der Waals surface area contributed by atoms with Crippen LogP contribution < -0.4 is 81.4 Å². The number of aliphatic hydroxyl groups excluding tert-OH is 1. The molecule has 0 bridgehead atoms. The van der Waals surface area contributed by atoms with Crippen molar-refractivity contribution in [3.8, 4) is 0 Å². The van der Waals surface area contributed by atoms with E-state index in [9.17, 15) is 53.4 Å². The van der Waals surface area contributed by atoms with Gasteiger partial charge >= 0.3 is 5.97 Å². The molecular formula is C49H87N21O11. The first-order valence-corrected chi connectivity index (χ1v) is 27.5. The molecule has 0 radical (unpaired) electrons. The molecule has 1 aromatic heterocycles. The Morgan fingerprint density at radius 1 is 0.667 bits per heavy atom. The molecule has 0 aromatic carbocycles. The number of imidazole rings is 1. The van der Waals surface area contributed by atoms with Crippen LogP contribution in [0.1, 0.15) is 109 Å². The van der Waals surface area contributed by atoms with E-state index >= 15 is 0 Å². The summed E-state index contributed by atoms with van der Waals surface area (Å²) in [5, 5.41) is 72.0. The van der Waals surface area contributed by atoms with E-state index in [0.29, 0.717) is 50.8 Å². The van der Waals surface area contributed by atoms with Gasteiger partial charge in [-0.1, -0.05) is 20.3 Å². The number of aromatic nitrogens is 2. The number of rotatable bonds is 37. The number of carboxylic acids is 1. The molecule has 3 heterocycles. The average molecular weight is 1150 g/mol. The van der Waals surface area contributed by atoms with Gasteiger partial charge in [-0.3, -0.25) is 54.6 Å². The van der Waals surface area contributed by atoms with E-state index < -0.39 is 120 Å². The predicted octanol–water partition coefficient (Wildman–Crippen LogP) is -5.87. The monoisotopic (exact) mass is 1150 g/mol. The molecule has 0 spiro atoms. The van der Waals surface area contributed by atoms with Crippen molar-refractivity contribution in [1.29, 1.82) is 16.2 Å². The number of carbonyl (C=O) groups excluding carboxylic acids is 8. The maximum atomic E-state index is 14.7. The third-order valence-electron chi connectivity index (χ3n) is 13.8. The zero-order valence-electron chi connectivity index (χ0n) is 46.3. The molecule has 32 heteroatoms. The summed E-state index contributed by atoms with van der Waals surface area (Å²) >= 11 is 0. The van der Waals surface area contributed by atoms with Crippen molar-refractivity contribution in [2.24, 2.45) is 28.9 Å². The van der Waals surface area contributed by atoms with E-state index in [4.69, 9.17) is 39.2 Å². The number of guanidine groups is 3. The van der Waals surface area contributed by atoms with Crippen LogP contribution in [0.2, 0.25) is 0 Å². The number of carbonyl (C=O) groups is 9. The number of nitrogens with one attached hydrogen (secondary N) is 15. The number of nitrogens with two attached hydrogens (primary N) is 4. The maximum Gasteiger partial charge on any atom is 0.326 e. The number of amides is 8. The second kappa shape index (κ2) is 35.7. The quantitative estimate of drug-likeness (QED) is 0.0168. The Balaban J connectivity index is 1.91. The summed E-state index contributed by atoms with van der Waals surface area (Å²) in [5.41, 5.74) is 22.6. The minimum Gasteiger partial charge on any atom is -0.480 e.